The monoisotopic (exact) mass is 447 g/mol. The third-order valence-electron chi connectivity index (χ3n) is 4.69. The largest absolute Gasteiger partial charge is 0.573 e. The highest BCUT2D eigenvalue weighted by Gasteiger charge is 2.31. The lowest BCUT2D eigenvalue weighted by Gasteiger charge is -2.21. The fraction of sp³-hybridized carbons (Fsp3) is 0.318. The average Bonchev–Trinajstić information content (AvgIpc) is 2.73. The molecule has 1 atom stereocenters. The van der Waals surface area contributed by atoms with Crippen LogP contribution in [0.3, 0.4) is 0 Å². The Morgan fingerprint density at radius 1 is 1.12 bits per heavy atom. The van der Waals surface area contributed by atoms with Gasteiger partial charge >= 0.3 is 6.36 Å². The number of alkyl halides is 3. The summed E-state index contributed by atoms with van der Waals surface area (Å²) >= 11 is 0. The SMILES string of the molecule is Cc1cc(OC(F)(F)F)ccc1Nc1cc(-c2cccnc2)nc(N[C@@H](CO)C(C)C)n1. The Kier molecular flexibility index (Phi) is 7.14. The fourth-order valence-electron chi connectivity index (χ4n) is 2.94. The first kappa shape index (κ1) is 23.3. The standard InChI is InChI=1S/C22H24F3N5O2/c1-13(2)19(12-31)29-21-28-18(15-5-4-8-26-11-15)10-20(30-21)27-17-7-6-16(9-14(17)3)32-22(23,24)25/h4-11,13,19,31H,12H2,1-3H3,(H2,27,28,29,30)/t19-/m0/s1. The third-order valence-corrected chi connectivity index (χ3v) is 4.69. The van der Waals surface area contributed by atoms with Gasteiger partial charge in [-0.2, -0.15) is 4.98 Å². The minimum absolute atomic E-state index is 0.0965. The van der Waals surface area contributed by atoms with Crippen LogP contribution in [0.5, 0.6) is 5.75 Å². The summed E-state index contributed by atoms with van der Waals surface area (Å²) in [7, 11) is 0. The summed E-state index contributed by atoms with van der Waals surface area (Å²) in [6.07, 6.45) is -1.44. The van der Waals surface area contributed by atoms with Crippen molar-refractivity contribution in [2.24, 2.45) is 5.92 Å². The summed E-state index contributed by atoms with van der Waals surface area (Å²) in [5, 5.41) is 15.9. The number of nitrogens with zero attached hydrogens (tertiary/aromatic N) is 3. The maximum absolute atomic E-state index is 12.5. The lowest BCUT2D eigenvalue weighted by atomic mass is 10.1. The van der Waals surface area contributed by atoms with Crippen molar-refractivity contribution >= 4 is 17.5 Å². The summed E-state index contributed by atoms with van der Waals surface area (Å²) in [4.78, 5) is 13.1. The maximum atomic E-state index is 12.5. The zero-order chi connectivity index (χ0) is 23.3. The number of aryl methyl sites for hydroxylation is 1. The van der Waals surface area contributed by atoms with Gasteiger partial charge in [-0.3, -0.25) is 4.98 Å². The van der Waals surface area contributed by atoms with Gasteiger partial charge < -0.3 is 20.5 Å². The number of nitrogens with one attached hydrogen (secondary N) is 2. The van der Waals surface area contributed by atoms with E-state index in [1.54, 1.807) is 31.5 Å². The number of ether oxygens (including phenoxy) is 1. The van der Waals surface area contributed by atoms with Crippen LogP contribution < -0.4 is 15.4 Å². The molecule has 3 N–H and O–H groups in total. The Morgan fingerprint density at radius 3 is 2.50 bits per heavy atom. The molecule has 0 aliphatic rings. The van der Waals surface area contributed by atoms with Crippen molar-refractivity contribution in [1.82, 2.24) is 15.0 Å². The molecular weight excluding hydrogens is 423 g/mol. The van der Waals surface area contributed by atoms with Crippen molar-refractivity contribution in [1.29, 1.82) is 0 Å². The van der Waals surface area contributed by atoms with Crippen LogP contribution in [0.1, 0.15) is 19.4 Å². The van der Waals surface area contributed by atoms with Gasteiger partial charge in [0.05, 0.1) is 18.3 Å². The number of rotatable bonds is 8. The van der Waals surface area contributed by atoms with Crippen LogP contribution >= 0.6 is 0 Å². The summed E-state index contributed by atoms with van der Waals surface area (Å²) in [5.74, 6) is 0.556. The lowest BCUT2D eigenvalue weighted by Crippen LogP contribution is -2.30. The van der Waals surface area contributed by atoms with Gasteiger partial charge in [-0.05, 0) is 48.7 Å². The number of aliphatic hydroxyl groups excluding tert-OH is 1. The van der Waals surface area contributed by atoms with E-state index in [1.807, 2.05) is 19.9 Å². The summed E-state index contributed by atoms with van der Waals surface area (Å²) in [6.45, 7) is 5.49. The Bertz CT molecular complexity index is 1050. The molecule has 2 aromatic heterocycles. The molecule has 0 saturated carbocycles. The van der Waals surface area contributed by atoms with Crippen molar-refractivity contribution in [3.05, 3.63) is 54.4 Å². The number of aromatic nitrogens is 3. The van der Waals surface area contributed by atoms with Crippen LogP contribution in [0.2, 0.25) is 0 Å². The van der Waals surface area contributed by atoms with Gasteiger partial charge in [0.25, 0.3) is 0 Å². The van der Waals surface area contributed by atoms with Gasteiger partial charge in [0.2, 0.25) is 5.95 Å². The van der Waals surface area contributed by atoms with Gasteiger partial charge in [0.15, 0.2) is 0 Å². The molecule has 0 fully saturated rings. The van der Waals surface area contributed by atoms with Gasteiger partial charge in [0.1, 0.15) is 11.6 Å². The van der Waals surface area contributed by atoms with E-state index in [9.17, 15) is 18.3 Å². The first-order chi connectivity index (χ1) is 15.1. The predicted octanol–water partition coefficient (Wildman–Crippen LogP) is 4.92. The highest BCUT2D eigenvalue weighted by Crippen LogP contribution is 2.29. The molecule has 0 bridgehead atoms. The minimum atomic E-state index is -4.76. The number of anilines is 3. The average molecular weight is 447 g/mol. The molecule has 3 rings (SSSR count). The second-order valence-corrected chi connectivity index (χ2v) is 7.53. The van der Waals surface area contributed by atoms with Crippen molar-refractivity contribution in [2.75, 3.05) is 17.2 Å². The Hall–Kier alpha value is -3.40. The molecule has 1 aromatic carbocycles. The highest BCUT2D eigenvalue weighted by atomic mass is 19.4. The quantitative estimate of drug-likeness (QED) is 0.451. The van der Waals surface area contributed by atoms with Crippen molar-refractivity contribution in [3.8, 4) is 17.0 Å². The molecule has 0 aliphatic carbocycles. The molecule has 0 amide bonds. The van der Waals surface area contributed by atoms with Crippen LogP contribution in [0.15, 0.2) is 48.8 Å². The molecule has 0 spiro atoms. The minimum Gasteiger partial charge on any atom is -0.406 e. The molecule has 170 valence electrons. The van der Waals surface area contributed by atoms with Gasteiger partial charge in [0, 0.05) is 29.7 Å². The first-order valence-corrected chi connectivity index (χ1v) is 9.95. The number of pyridine rings is 1. The number of benzene rings is 1. The van der Waals surface area contributed by atoms with Gasteiger partial charge in [-0.1, -0.05) is 13.8 Å². The predicted molar refractivity (Wildman–Crippen MR) is 116 cm³/mol. The van der Waals surface area contributed by atoms with E-state index in [0.717, 1.165) is 5.56 Å². The van der Waals surface area contributed by atoms with E-state index in [0.29, 0.717) is 28.7 Å². The Balaban J connectivity index is 1.94. The second-order valence-electron chi connectivity index (χ2n) is 7.53. The number of aliphatic hydroxyl groups is 1. The van der Waals surface area contributed by atoms with E-state index >= 15 is 0 Å². The molecule has 7 nitrogen and oxygen atoms in total. The summed E-state index contributed by atoms with van der Waals surface area (Å²) < 4.78 is 41.4. The van der Waals surface area contributed by atoms with E-state index in [-0.39, 0.29) is 24.3 Å². The van der Waals surface area contributed by atoms with Crippen LogP contribution in [0.4, 0.5) is 30.6 Å². The normalized spacial score (nSPS) is 12.5. The van der Waals surface area contributed by atoms with Gasteiger partial charge in [-0.25, -0.2) is 4.98 Å². The van der Waals surface area contributed by atoms with Crippen molar-refractivity contribution in [2.45, 2.75) is 33.2 Å². The maximum Gasteiger partial charge on any atom is 0.573 e. The lowest BCUT2D eigenvalue weighted by molar-refractivity contribution is -0.274. The van der Waals surface area contributed by atoms with Crippen LogP contribution in [0, 0.1) is 12.8 Å². The molecule has 3 aromatic rings. The molecule has 0 aliphatic heterocycles. The van der Waals surface area contributed by atoms with Crippen molar-refractivity contribution < 1.29 is 23.0 Å². The van der Waals surface area contributed by atoms with Gasteiger partial charge in [-0.15, -0.1) is 13.2 Å². The van der Waals surface area contributed by atoms with Crippen LogP contribution in [-0.4, -0.2) is 39.1 Å². The molecule has 0 unspecified atom stereocenters. The molecule has 2 heterocycles. The molecule has 10 heteroatoms. The zero-order valence-corrected chi connectivity index (χ0v) is 17.8. The smallest absolute Gasteiger partial charge is 0.406 e. The molecular formula is C22H24F3N5O2. The number of hydrogen-bond donors (Lipinski definition) is 3. The van der Waals surface area contributed by atoms with E-state index in [1.165, 1.54) is 18.2 Å². The first-order valence-electron chi connectivity index (χ1n) is 9.95. The fourth-order valence-corrected chi connectivity index (χ4v) is 2.94. The molecule has 32 heavy (non-hydrogen) atoms. The summed E-state index contributed by atoms with van der Waals surface area (Å²) in [6, 6.07) is 9.10. The third kappa shape index (κ3) is 6.30. The zero-order valence-electron chi connectivity index (χ0n) is 17.8. The number of halogens is 3. The molecule has 0 saturated heterocycles. The highest BCUT2D eigenvalue weighted by molar-refractivity contribution is 5.68. The van der Waals surface area contributed by atoms with E-state index in [4.69, 9.17) is 0 Å². The Morgan fingerprint density at radius 2 is 1.91 bits per heavy atom. The molecule has 0 radical (unpaired) electrons. The summed E-state index contributed by atoms with van der Waals surface area (Å²) in [5.41, 5.74) is 2.45. The number of hydrogen-bond acceptors (Lipinski definition) is 7. The second kappa shape index (κ2) is 9.82. The van der Waals surface area contributed by atoms with Crippen LogP contribution in [0.25, 0.3) is 11.3 Å². The topological polar surface area (TPSA) is 92.2 Å². The van der Waals surface area contributed by atoms with Crippen LogP contribution in [-0.2, 0) is 0 Å². The van der Waals surface area contributed by atoms with Crippen molar-refractivity contribution in [3.63, 3.8) is 0 Å². The Labute approximate surface area is 183 Å². The van der Waals surface area contributed by atoms with E-state index < -0.39 is 6.36 Å². The van der Waals surface area contributed by atoms with E-state index in [2.05, 4.69) is 30.3 Å².